The molecule has 146 valence electrons. The molecule has 2 fully saturated rings. The summed E-state index contributed by atoms with van der Waals surface area (Å²) in [6.07, 6.45) is 4.18. The average molecular weight is 376 g/mol. The van der Waals surface area contributed by atoms with Crippen LogP contribution in [0.3, 0.4) is 0 Å². The van der Waals surface area contributed by atoms with Crippen molar-refractivity contribution in [2.24, 2.45) is 5.92 Å². The topological polar surface area (TPSA) is 82.6 Å². The van der Waals surface area contributed by atoms with Crippen molar-refractivity contribution in [3.8, 4) is 0 Å². The number of rotatable bonds is 1. The monoisotopic (exact) mass is 376 g/mol. The van der Waals surface area contributed by atoms with E-state index in [2.05, 4.69) is 10.3 Å². The summed E-state index contributed by atoms with van der Waals surface area (Å²) in [5.74, 6) is -1.09. The number of hydrogen-bond acceptors (Lipinski definition) is 4. The lowest BCUT2D eigenvalue weighted by atomic mass is 10.0. The predicted molar refractivity (Wildman–Crippen MR) is 96.2 cm³/mol. The van der Waals surface area contributed by atoms with E-state index in [1.807, 2.05) is 0 Å². The highest BCUT2D eigenvalue weighted by Crippen LogP contribution is 2.30. The maximum absolute atomic E-state index is 13.1. The van der Waals surface area contributed by atoms with Gasteiger partial charge >= 0.3 is 0 Å². The lowest BCUT2D eigenvalue weighted by molar-refractivity contribution is -0.134. The molecule has 27 heavy (non-hydrogen) atoms. The number of carbonyl (C=O) groups excluding carboxylic acids is 3. The van der Waals surface area contributed by atoms with E-state index in [1.54, 1.807) is 9.80 Å². The van der Waals surface area contributed by atoms with Gasteiger partial charge in [0.1, 0.15) is 11.5 Å². The molecule has 2 atom stereocenters. The van der Waals surface area contributed by atoms with Gasteiger partial charge in [-0.2, -0.15) is 0 Å². The minimum Gasteiger partial charge on any atom is -0.354 e. The molecule has 7 nitrogen and oxygen atoms in total. The van der Waals surface area contributed by atoms with Gasteiger partial charge in [0.05, 0.1) is 12.1 Å². The second kappa shape index (κ2) is 8.45. The van der Waals surface area contributed by atoms with Crippen molar-refractivity contribution < 1.29 is 18.8 Å². The number of hydrogen-bond donors (Lipinski definition) is 1. The van der Waals surface area contributed by atoms with Gasteiger partial charge in [0.25, 0.3) is 5.91 Å². The Balaban J connectivity index is 1.75. The van der Waals surface area contributed by atoms with Gasteiger partial charge in [-0.25, -0.2) is 9.37 Å². The molecule has 0 bridgehead atoms. The third kappa shape index (κ3) is 4.43. The van der Waals surface area contributed by atoms with Crippen LogP contribution < -0.4 is 5.32 Å². The molecule has 0 aromatic carbocycles. The van der Waals surface area contributed by atoms with E-state index < -0.39 is 5.82 Å². The molecule has 1 aromatic heterocycles. The number of carbonyl (C=O) groups is 3. The Morgan fingerprint density at radius 3 is 2.70 bits per heavy atom. The first-order chi connectivity index (χ1) is 13.0. The molecule has 1 aromatic rings. The van der Waals surface area contributed by atoms with Crippen molar-refractivity contribution in [2.45, 2.75) is 38.6 Å². The number of pyridine rings is 1. The zero-order valence-corrected chi connectivity index (χ0v) is 15.5. The van der Waals surface area contributed by atoms with Crippen LogP contribution in [0, 0.1) is 11.7 Å². The molecule has 1 saturated heterocycles. The lowest BCUT2D eigenvalue weighted by Gasteiger charge is -2.31. The summed E-state index contributed by atoms with van der Waals surface area (Å²) >= 11 is 0. The van der Waals surface area contributed by atoms with Gasteiger partial charge in [0.15, 0.2) is 0 Å². The standard InChI is InChI=1S/C19H25FN4O3/c1-13(25)24-10-3-9-23(19(27)16-7-6-14(20)12-22-16)11-8-21-18(26)15-4-2-5-17(15)24/h6-7,12,15,17H,2-5,8-11H2,1H3,(H,21,26)/t15-,17+/m1/s1. The van der Waals surface area contributed by atoms with Crippen LogP contribution in [0.5, 0.6) is 0 Å². The van der Waals surface area contributed by atoms with Crippen molar-refractivity contribution >= 4 is 17.7 Å². The third-order valence-corrected chi connectivity index (χ3v) is 5.36. The van der Waals surface area contributed by atoms with E-state index in [9.17, 15) is 18.8 Å². The van der Waals surface area contributed by atoms with E-state index in [-0.39, 0.29) is 35.4 Å². The van der Waals surface area contributed by atoms with Crippen molar-refractivity contribution in [1.29, 1.82) is 0 Å². The predicted octanol–water partition coefficient (Wildman–Crippen LogP) is 1.20. The number of fused-ring (bicyclic) bond motifs is 1. The number of amides is 3. The van der Waals surface area contributed by atoms with E-state index >= 15 is 0 Å². The van der Waals surface area contributed by atoms with Gasteiger partial charge < -0.3 is 15.1 Å². The second-order valence-electron chi connectivity index (χ2n) is 7.12. The van der Waals surface area contributed by atoms with Crippen molar-refractivity contribution in [2.75, 3.05) is 26.2 Å². The molecular weight excluding hydrogens is 351 g/mol. The molecule has 1 N–H and O–H groups in total. The molecule has 1 aliphatic carbocycles. The number of nitrogens with one attached hydrogen (secondary N) is 1. The summed E-state index contributed by atoms with van der Waals surface area (Å²) < 4.78 is 13.1. The largest absolute Gasteiger partial charge is 0.354 e. The Kier molecular flexibility index (Phi) is 6.03. The minimum absolute atomic E-state index is 0.0444. The normalized spacial score (nSPS) is 24.0. The van der Waals surface area contributed by atoms with Crippen LogP contribution >= 0.6 is 0 Å². The molecule has 1 saturated carbocycles. The van der Waals surface area contributed by atoms with Crippen LogP contribution in [0.4, 0.5) is 4.39 Å². The fraction of sp³-hybridized carbons (Fsp3) is 0.579. The zero-order valence-electron chi connectivity index (χ0n) is 15.5. The van der Waals surface area contributed by atoms with Gasteiger partial charge in [0.2, 0.25) is 11.8 Å². The van der Waals surface area contributed by atoms with Gasteiger partial charge in [-0.05, 0) is 31.4 Å². The van der Waals surface area contributed by atoms with Crippen LogP contribution in [0.25, 0.3) is 0 Å². The third-order valence-electron chi connectivity index (χ3n) is 5.36. The molecule has 8 heteroatoms. The molecule has 0 unspecified atom stereocenters. The fourth-order valence-corrected chi connectivity index (χ4v) is 4.03. The first-order valence-electron chi connectivity index (χ1n) is 9.43. The van der Waals surface area contributed by atoms with E-state index in [0.717, 1.165) is 25.5 Å². The summed E-state index contributed by atoms with van der Waals surface area (Å²) in [5.41, 5.74) is 0.165. The lowest BCUT2D eigenvalue weighted by Crippen LogP contribution is -2.46. The summed E-state index contributed by atoms with van der Waals surface area (Å²) in [6, 6.07) is 2.49. The molecule has 0 spiro atoms. The van der Waals surface area contributed by atoms with Gasteiger partial charge in [-0.1, -0.05) is 6.42 Å². The van der Waals surface area contributed by atoms with Crippen LogP contribution in [0.2, 0.25) is 0 Å². The van der Waals surface area contributed by atoms with Crippen molar-refractivity contribution in [3.63, 3.8) is 0 Å². The van der Waals surface area contributed by atoms with Crippen molar-refractivity contribution in [1.82, 2.24) is 20.1 Å². The van der Waals surface area contributed by atoms with Crippen LogP contribution in [-0.4, -0.2) is 64.7 Å². The maximum Gasteiger partial charge on any atom is 0.272 e. The Morgan fingerprint density at radius 2 is 2.00 bits per heavy atom. The quantitative estimate of drug-likeness (QED) is 0.798. The maximum atomic E-state index is 13.1. The Hall–Kier alpha value is -2.51. The molecule has 3 rings (SSSR count). The smallest absolute Gasteiger partial charge is 0.272 e. The number of aromatic nitrogens is 1. The number of nitrogens with zero attached hydrogens (tertiary/aromatic N) is 3. The minimum atomic E-state index is -0.500. The Bertz CT molecular complexity index is 709. The van der Waals surface area contributed by atoms with Gasteiger partial charge in [-0.3, -0.25) is 14.4 Å². The fourth-order valence-electron chi connectivity index (χ4n) is 4.03. The number of halogens is 1. The highest BCUT2D eigenvalue weighted by Gasteiger charge is 2.38. The SMILES string of the molecule is CC(=O)N1CCCN(C(=O)c2ccc(F)cn2)CCNC(=O)[C@@H]2CCC[C@@H]21. The van der Waals surface area contributed by atoms with Crippen molar-refractivity contribution in [3.05, 3.63) is 29.8 Å². The van der Waals surface area contributed by atoms with Crippen LogP contribution in [0.15, 0.2) is 18.3 Å². The summed E-state index contributed by atoms with van der Waals surface area (Å²) in [4.78, 5) is 44.6. The molecule has 3 amide bonds. The molecule has 2 aliphatic rings. The molecule has 0 radical (unpaired) electrons. The Labute approximate surface area is 157 Å². The zero-order chi connectivity index (χ0) is 19.4. The first-order valence-corrected chi connectivity index (χ1v) is 9.43. The van der Waals surface area contributed by atoms with Crippen LogP contribution in [-0.2, 0) is 9.59 Å². The summed E-state index contributed by atoms with van der Waals surface area (Å²) in [7, 11) is 0. The molecule has 1 aliphatic heterocycles. The highest BCUT2D eigenvalue weighted by atomic mass is 19.1. The van der Waals surface area contributed by atoms with E-state index in [4.69, 9.17) is 0 Å². The van der Waals surface area contributed by atoms with Gasteiger partial charge in [-0.15, -0.1) is 0 Å². The average Bonchev–Trinajstić information content (AvgIpc) is 3.11. The van der Waals surface area contributed by atoms with Crippen LogP contribution in [0.1, 0.15) is 43.1 Å². The summed E-state index contributed by atoms with van der Waals surface area (Å²) in [5, 5.41) is 2.91. The summed E-state index contributed by atoms with van der Waals surface area (Å²) in [6.45, 7) is 3.16. The van der Waals surface area contributed by atoms with Gasteiger partial charge in [0, 0.05) is 39.1 Å². The highest BCUT2D eigenvalue weighted by molar-refractivity contribution is 5.92. The first kappa shape index (κ1) is 19.3. The second-order valence-corrected chi connectivity index (χ2v) is 7.12. The van der Waals surface area contributed by atoms with E-state index in [1.165, 1.54) is 19.1 Å². The molecule has 2 heterocycles. The molecular formula is C19H25FN4O3. The Morgan fingerprint density at radius 1 is 1.19 bits per heavy atom. The van der Waals surface area contributed by atoms with E-state index in [0.29, 0.717) is 32.6 Å².